The molecule has 0 radical (unpaired) electrons. The second-order valence-corrected chi connectivity index (χ2v) is 9.67. The molecule has 3 N–H and O–H groups in total. The highest BCUT2D eigenvalue weighted by atomic mass is 32.1. The first-order valence-electron chi connectivity index (χ1n) is 12.2. The molecule has 0 aliphatic carbocycles. The number of fused-ring (bicyclic) bond motifs is 2. The molecule has 0 bridgehead atoms. The first-order valence-corrected chi connectivity index (χ1v) is 13.2. The zero-order valence-corrected chi connectivity index (χ0v) is 21.7. The third-order valence-corrected chi connectivity index (χ3v) is 7.05. The van der Waals surface area contributed by atoms with Crippen LogP contribution < -0.4 is 16.6 Å². The fourth-order valence-electron chi connectivity index (χ4n) is 4.65. The van der Waals surface area contributed by atoms with E-state index in [1.807, 2.05) is 79.1 Å². The van der Waals surface area contributed by atoms with Gasteiger partial charge in [0, 0.05) is 29.2 Å². The summed E-state index contributed by atoms with van der Waals surface area (Å²) in [6.07, 6.45) is 7.05. The zero-order chi connectivity index (χ0) is 26.9. The summed E-state index contributed by atoms with van der Waals surface area (Å²) in [5.41, 5.74) is 11.1. The molecule has 6 rings (SSSR count). The number of nitrogens with zero attached hydrogens (tertiary/aromatic N) is 5. The summed E-state index contributed by atoms with van der Waals surface area (Å²) >= 11 is 1.51. The summed E-state index contributed by atoms with van der Waals surface area (Å²) in [5.74, 6) is -0.352. The van der Waals surface area contributed by atoms with E-state index >= 15 is 0 Å². The van der Waals surface area contributed by atoms with Gasteiger partial charge in [0.25, 0.3) is 11.5 Å². The van der Waals surface area contributed by atoms with Crippen LogP contribution in [0.5, 0.6) is 0 Å². The SMILES string of the molecule is C[C@H](NC(=O)c1c(N)nn2cccnc12)c1cc2cccc(/C=C/c3cscn3)c2c(=O)n1-c1ccccc1. The minimum atomic E-state index is -0.554. The van der Waals surface area contributed by atoms with Gasteiger partial charge in [-0.05, 0) is 48.2 Å². The van der Waals surface area contributed by atoms with E-state index in [0.717, 1.165) is 16.6 Å². The molecule has 0 unspecified atom stereocenters. The van der Waals surface area contributed by atoms with Gasteiger partial charge in [-0.25, -0.2) is 14.5 Å². The Balaban J connectivity index is 1.47. The molecule has 1 amide bonds. The molecule has 1 atom stereocenters. The molecule has 2 aromatic carbocycles. The van der Waals surface area contributed by atoms with Crippen LogP contribution >= 0.6 is 11.3 Å². The molecule has 4 heterocycles. The Morgan fingerprint density at radius 3 is 2.72 bits per heavy atom. The van der Waals surface area contributed by atoms with Gasteiger partial charge in [-0.1, -0.05) is 42.5 Å². The quantitative estimate of drug-likeness (QED) is 0.319. The van der Waals surface area contributed by atoms with E-state index in [-0.39, 0.29) is 16.9 Å². The van der Waals surface area contributed by atoms with Crippen molar-refractivity contribution in [3.05, 3.63) is 117 Å². The van der Waals surface area contributed by atoms with Crippen molar-refractivity contribution in [3.63, 3.8) is 0 Å². The van der Waals surface area contributed by atoms with E-state index in [1.54, 1.807) is 28.5 Å². The highest BCUT2D eigenvalue weighted by Gasteiger charge is 2.23. The number of thiazole rings is 1. The minimum Gasteiger partial charge on any atom is -0.381 e. The molecule has 0 aliphatic rings. The monoisotopic (exact) mass is 533 g/mol. The number of nitrogens with one attached hydrogen (secondary N) is 1. The highest BCUT2D eigenvalue weighted by Crippen LogP contribution is 2.25. The van der Waals surface area contributed by atoms with Crippen LogP contribution in [0.15, 0.2) is 88.7 Å². The van der Waals surface area contributed by atoms with Crippen molar-refractivity contribution in [2.75, 3.05) is 5.73 Å². The van der Waals surface area contributed by atoms with Crippen molar-refractivity contribution in [1.29, 1.82) is 0 Å². The lowest BCUT2D eigenvalue weighted by Gasteiger charge is -2.21. The fraction of sp³-hybridized carbons (Fsp3) is 0.0690. The Morgan fingerprint density at radius 2 is 1.92 bits per heavy atom. The van der Waals surface area contributed by atoms with Crippen LogP contribution in [0.25, 0.3) is 34.3 Å². The number of carbonyl (C=O) groups excluding carboxylic acids is 1. The van der Waals surface area contributed by atoms with Gasteiger partial charge in [-0.2, -0.15) is 0 Å². The van der Waals surface area contributed by atoms with Crippen molar-refractivity contribution >= 4 is 51.6 Å². The second kappa shape index (κ2) is 9.99. The van der Waals surface area contributed by atoms with Crippen molar-refractivity contribution in [3.8, 4) is 5.69 Å². The first-order chi connectivity index (χ1) is 19.0. The number of aromatic nitrogens is 5. The third kappa shape index (κ3) is 4.47. The zero-order valence-electron chi connectivity index (χ0n) is 20.9. The molecular weight excluding hydrogens is 510 g/mol. The first kappa shape index (κ1) is 24.3. The summed E-state index contributed by atoms with van der Waals surface area (Å²) in [4.78, 5) is 36.1. The number of para-hydroxylation sites is 1. The number of amides is 1. The molecule has 192 valence electrons. The average molecular weight is 534 g/mol. The third-order valence-electron chi connectivity index (χ3n) is 6.45. The molecule has 4 aromatic heterocycles. The number of hydrogen-bond donors (Lipinski definition) is 2. The fourth-order valence-corrected chi connectivity index (χ4v) is 5.18. The lowest BCUT2D eigenvalue weighted by Crippen LogP contribution is -2.32. The summed E-state index contributed by atoms with van der Waals surface area (Å²) in [6.45, 7) is 1.83. The normalized spacial score (nSPS) is 12.3. The smallest absolute Gasteiger partial charge is 0.263 e. The summed E-state index contributed by atoms with van der Waals surface area (Å²) < 4.78 is 3.11. The van der Waals surface area contributed by atoms with Gasteiger partial charge in [0.2, 0.25) is 0 Å². The van der Waals surface area contributed by atoms with Gasteiger partial charge in [0.1, 0.15) is 5.56 Å². The minimum absolute atomic E-state index is 0.0777. The van der Waals surface area contributed by atoms with E-state index in [4.69, 9.17) is 5.73 Å². The molecule has 10 heteroatoms. The largest absolute Gasteiger partial charge is 0.381 e. The molecule has 0 fully saturated rings. The Morgan fingerprint density at radius 1 is 1.08 bits per heavy atom. The number of anilines is 1. The van der Waals surface area contributed by atoms with Gasteiger partial charge >= 0.3 is 0 Å². The molecular formula is C29H23N7O2S. The Kier molecular flexibility index (Phi) is 6.22. The van der Waals surface area contributed by atoms with Gasteiger partial charge in [0.05, 0.1) is 22.6 Å². The summed E-state index contributed by atoms with van der Waals surface area (Å²) in [6, 6.07) is 18.2. The number of nitrogens with two attached hydrogens (primary N) is 1. The molecule has 0 spiro atoms. The lowest BCUT2D eigenvalue weighted by molar-refractivity contribution is 0.0941. The van der Waals surface area contributed by atoms with Crippen molar-refractivity contribution < 1.29 is 4.79 Å². The van der Waals surface area contributed by atoms with Crippen LogP contribution in [-0.2, 0) is 0 Å². The lowest BCUT2D eigenvalue weighted by atomic mass is 10.0. The Labute approximate surface area is 226 Å². The maximum atomic E-state index is 14.1. The topological polar surface area (TPSA) is 120 Å². The van der Waals surface area contributed by atoms with E-state index < -0.39 is 11.9 Å². The Hall–Kier alpha value is -5.09. The molecule has 6 aromatic rings. The van der Waals surface area contributed by atoms with E-state index in [1.165, 1.54) is 15.9 Å². The predicted molar refractivity (Wildman–Crippen MR) is 154 cm³/mol. The average Bonchev–Trinajstić information content (AvgIpc) is 3.59. The van der Waals surface area contributed by atoms with Crippen LogP contribution in [-0.4, -0.2) is 30.1 Å². The predicted octanol–water partition coefficient (Wildman–Crippen LogP) is 4.73. The van der Waals surface area contributed by atoms with Gasteiger partial charge < -0.3 is 11.1 Å². The standard InChI is InChI=1S/C29H23N7O2S/c1-18(33-28(37)25-26(30)34-35-14-6-13-31-27(25)35)23-15-20-8-5-7-19(11-12-21-16-39-17-32-21)24(20)29(38)36(23)22-9-3-2-4-10-22/h2-18H,1H3,(H2,30,34)(H,33,37)/b12-11+/t18-/m0/s1. The Bertz CT molecular complexity index is 1910. The van der Waals surface area contributed by atoms with Gasteiger partial charge in [-0.3, -0.25) is 14.2 Å². The maximum Gasteiger partial charge on any atom is 0.263 e. The van der Waals surface area contributed by atoms with Crippen molar-refractivity contribution in [2.24, 2.45) is 0 Å². The van der Waals surface area contributed by atoms with E-state index in [9.17, 15) is 9.59 Å². The number of hydrogen-bond acceptors (Lipinski definition) is 7. The molecule has 9 nitrogen and oxygen atoms in total. The van der Waals surface area contributed by atoms with Crippen LogP contribution in [0.4, 0.5) is 5.82 Å². The number of nitrogen functional groups attached to an aromatic ring is 1. The van der Waals surface area contributed by atoms with Crippen molar-refractivity contribution in [1.82, 2.24) is 29.5 Å². The summed E-state index contributed by atoms with van der Waals surface area (Å²) in [5, 5.41) is 10.5. The number of pyridine rings is 1. The summed E-state index contributed by atoms with van der Waals surface area (Å²) in [7, 11) is 0. The van der Waals surface area contributed by atoms with Gasteiger partial charge in [-0.15, -0.1) is 16.4 Å². The molecule has 39 heavy (non-hydrogen) atoms. The molecule has 0 aliphatic heterocycles. The van der Waals surface area contributed by atoms with Crippen LogP contribution in [0.1, 0.15) is 40.3 Å². The number of carbonyl (C=O) groups is 1. The number of rotatable bonds is 6. The maximum absolute atomic E-state index is 14.1. The van der Waals surface area contributed by atoms with Crippen molar-refractivity contribution in [2.45, 2.75) is 13.0 Å². The van der Waals surface area contributed by atoms with Gasteiger partial charge in [0.15, 0.2) is 11.5 Å². The molecule has 0 saturated heterocycles. The number of benzene rings is 2. The molecule has 0 saturated carbocycles. The highest BCUT2D eigenvalue weighted by molar-refractivity contribution is 7.07. The van der Waals surface area contributed by atoms with E-state index in [2.05, 4.69) is 20.4 Å². The van der Waals surface area contributed by atoms with E-state index in [0.29, 0.717) is 22.4 Å². The van der Waals surface area contributed by atoms with Crippen LogP contribution in [0, 0.1) is 0 Å². The van der Waals surface area contributed by atoms with Crippen LogP contribution in [0.2, 0.25) is 0 Å². The second-order valence-electron chi connectivity index (χ2n) is 8.95. The van der Waals surface area contributed by atoms with Crippen LogP contribution in [0.3, 0.4) is 0 Å².